The van der Waals surface area contributed by atoms with E-state index in [9.17, 15) is 9.18 Å². The summed E-state index contributed by atoms with van der Waals surface area (Å²) >= 11 is 1.37. The molecule has 1 N–H and O–H groups in total. The molecule has 0 aliphatic heterocycles. The molecule has 28 heavy (non-hydrogen) atoms. The van der Waals surface area contributed by atoms with E-state index in [1.165, 1.54) is 23.5 Å². The van der Waals surface area contributed by atoms with Gasteiger partial charge in [0.05, 0.1) is 5.69 Å². The van der Waals surface area contributed by atoms with Gasteiger partial charge in [0.2, 0.25) is 5.82 Å². The molecule has 5 nitrogen and oxygen atoms in total. The van der Waals surface area contributed by atoms with Crippen LogP contribution in [0.1, 0.15) is 21.5 Å². The highest BCUT2D eigenvalue weighted by molar-refractivity contribution is 7.14. The minimum atomic E-state index is -0.374. The van der Waals surface area contributed by atoms with Gasteiger partial charge in [0, 0.05) is 11.1 Å². The SMILES string of the molecule is Cc1ccc(C(=O)Nc2ccsc2-c2nc(-c3cccc(F)c3)no2)c(C)c1. The van der Waals surface area contributed by atoms with Gasteiger partial charge >= 0.3 is 0 Å². The molecule has 0 saturated carbocycles. The number of nitrogens with one attached hydrogen (secondary N) is 1. The van der Waals surface area contributed by atoms with Crippen LogP contribution in [0.4, 0.5) is 10.1 Å². The van der Waals surface area contributed by atoms with E-state index in [1.807, 2.05) is 31.4 Å². The summed E-state index contributed by atoms with van der Waals surface area (Å²) in [7, 11) is 0. The predicted molar refractivity (Wildman–Crippen MR) is 107 cm³/mol. The molecule has 0 aliphatic carbocycles. The monoisotopic (exact) mass is 393 g/mol. The van der Waals surface area contributed by atoms with E-state index in [-0.39, 0.29) is 23.4 Å². The number of aryl methyl sites for hydroxylation is 2. The third-order valence-electron chi connectivity index (χ3n) is 4.24. The summed E-state index contributed by atoms with van der Waals surface area (Å²) < 4.78 is 18.8. The third kappa shape index (κ3) is 3.57. The first-order chi connectivity index (χ1) is 13.5. The Morgan fingerprint density at radius 1 is 1.14 bits per heavy atom. The molecule has 0 radical (unpaired) electrons. The summed E-state index contributed by atoms with van der Waals surface area (Å²) in [6.45, 7) is 3.89. The van der Waals surface area contributed by atoms with Crippen LogP contribution in [-0.4, -0.2) is 16.0 Å². The fourth-order valence-corrected chi connectivity index (χ4v) is 3.66. The minimum absolute atomic E-state index is 0.206. The van der Waals surface area contributed by atoms with Crippen LogP contribution in [0.2, 0.25) is 0 Å². The van der Waals surface area contributed by atoms with Crippen LogP contribution in [-0.2, 0) is 0 Å². The van der Waals surface area contributed by atoms with Gasteiger partial charge in [0.15, 0.2) is 0 Å². The summed E-state index contributed by atoms with van der Waals surface area (Å²) in [5.74, 6) is -0.0249. The molecule has 0 spiro atoms. The number of nitrogens with zero attached hydrogens (tertiary/aromatic N) is 2. The van der Waals surface area contributed by atoms with Crippen LogP contribution < -0.4 is 5.32 Å². The number of rotatable bonds is 4. The van der Waals surface area contributed by atoms with Crippen molar-refractivity contribution in [1.82, 2.24) is 10.1 Å². The molecule has 2 aromatic carbocycles. The number of carbonyl (C=O) groups is 1. The molecule has 140 valence electrons. The molecule has 0 bridgehead atoms. The number of amides is 1. The van der Waals surface area contributed by atoms with E-state index in [2.05, 4.69) is 15.5 Å². The lowest BCUT2D eigenvalue weighted by Crippen LogP contribution is -2.13. The Labute approximate surface area is 164 Å². The van der Waals surface area contributed by atoms with Crippen molar-refractivity contribution in [3.63, 3.8) is 0 Å². The second-order valence-corrected chi connectivity index (χ2v) is 7.29. The van der Waals surface area contributed by atoms with Crippen molar-refractivity contribution in [2.75, 3.05) is 5.32 Å². The average molecular weight is 393 g/mol. The maximum atomic E-state index is 13.4. The fourth-order valence-electron chi connectivity index (χ4n) is 2.89. The van der Waals surface area contributed by atoms with Crippen LogP contribution in [0.5, 0.6) is 0 Å². The standard InChI is InChI=1S/C21H16FN3O2S/c1-12-6-7-16(13(2)10-12)20(26)23-17-8-9-28-18(17)21-24-19(25-27-21)14-4-3-5-15(22)11-14/h3-11H,1-2H3,(H,23,26). The Hall–Kier alpha value is -3.32. The Morgan fingerprint density at radius 2 is 2.00 bits per heavy atom. The number of anilines is 1. The Kier molecular flexibility index (Phi) is 4.75. The van der Waals surface area contributed by atoms with E-state index < -0.39 is 0 Å². The van der Waals surface area contributed by atoms with E-state index in [4.69, 9.17) is 4.52 Å². The van der Waals surface area contributed by atoms with Gasteiger partial charge in [-0.3, -0.25) is 4.79 Å². The summed E-state index contributed by atoms with van der Waals surface area (Å²) in [6, 6.07) is 13.4. The zero-order valence-electron chi connectivity index (χ0n) is 15.2. The van der Waals surface area contributed by atoms with Gasteiger partial charge in [-0.2, -0.15) is 4.98 Å². The van der Waals surface area contributed by atoms with Gasteiger partial charge in [-0.1, -0.05) is 35.0 Å². The molecule has 4 rings (SSSR count). The molecule has 0 fully saturated rings. The Balaban J connectivity index is 1.60. The second kappa shape index (κ2) is 7.36. The molecule has 0 unspecified atom stereocenters. The molecule has 2 heterocycles. The lowest BCUT2D eigenvalue weighted by Gasteiger charge is -2.08. The summed E-state index contributed by atoms with van der Waals surface area (Å²) in [6.07, 6.45) is 0. The third-order valence-corrected chi connectivity index (χ3v) is 5.15. The first-order valence-electron chi connectivity index (χ1n) is 8.57. The van der Waals surface area contributed by atoms with Gasteiger partial charge < -0.3 is 9.84 Å². The Bertz CT molecular complexity index is 1170. The number of benzene rings is 2. The minimum Gasteiger partial charge on any atom is -0.333 e. The van der Waals surface area contributed by atoms with Crippen molar-refractivity contribution < 1.29 is 13.7 Å². The highest BCUT2D eigenvalue weighted by Gasteiger charge is 2.18. The van der Waals surface area contributed by atoms with Crippen LogP contribution in [0.3, 0.4) is 0 Å². The first-order valence-corrected chi connectivity index (χ1v) is 9.45. The predicted octanol–water partition coefficient (Wildman–Crippen LogP) is 5.47. The molecule has 2 aromatic heterocycles. The van der Waals surface area contributed by atoms with Crippen LogP contribution in [0, 0.1) is 19.7 Å². The zero-order chi connectivity index (χ0) is 19.7. The van der Waals surface area contributed by atoms with E-state index in [1.54, 1.807) is 24.3 Å². The van der Waals surface area contributed by atoms with Crippen LogP contribution in [0.25, 0.3) is 22.2 Å². The van der Waals surface area contributed by atoms with Crippen molar-refractivity contribution in [3.8, 4) is 22.2 Å². The number of thiophene rings is 1. The van der Waals surface area contributed by atoms with Crippen molar-refractivity contribution in [1.29, 1.82) is 0 Å². The Morgan fingerprint density at radius 3 is 2.79 bits per heavy atom. The normalized spacial score (nSPS) is 10.8. The van der Waals surface area contributed by atoms with Gasteiger partial charge in [-0.15, -0.1) is 11.3 Å². The van der Waals surface area contributed by atoms with Crippen LogP contribution in [0.15, 0.2) is 58.4 Å². The molecule has 0 aliphatic rings. The molecular weight excluding hydrogens is 377 g/mol. The van der Waals surface area contributed by atoms with Gasteiger partial charge in [0.1, 0.15) is 10.7 Å². The number of halogens is 1. The quantitative estimate of drug-likeness (QED) is 0.499. The van der Waals surface area contributed by atoms with Gasteiger partial charge in [-0.05, 0) is 49.1 Å². The lowest BCUT2D eigenvalue weighted by atomic mass is 10.1. The van der Waals surface area contributed by atoms with Gasteiger partial charge in [0.25, 0.3) is 11.8 Å². The van der Waals surface area contributed by atoms with Crippen molar-refractivity contribution in [2.45, 2.75) is 13.8 Å². The summed E-state index contributed by atoms with van der Waals surface area (Å²) in [5, 5.41) is 8.67. The maximum Gasteiger partial charge on any atom is 0.270 e. The largest absolute Gasteiger partial charge is 0.333 e. The van der Waals surface area contributed by atoms with Crippen molar-refractivity contribution in [3.05, 3.63) is 76.4 Å². The first kappa shape index (κ1) is 18.1. The molecule has 4 aromatic rings. The second-order valence-electron chi connectivity index (χ2n) is 6.37. The highest BCUT2D eigenvalue weighted by Crippen LogP contribution is 2.34. The van der Waals surface area contributed by atoms with E-state index >= 15 is 0 Å². The summed E-state index contributed by atoms with van der Waals surface area (Å²) in [5.41, 5.74) is 3.71. The average Bonchev–Trinajstić information content (AvgIpc) is 3.30. The van der Waals surface area contributed by atoms with Gasteiger partial charge in [-0.25, -0.2) is 4.39 Å². The van der Waals surface area contributed by atoms with Crippen molar-refractivity contribution in [2.24, 2.45) is 0 Å². The number of hydrogen-bond donors (Lipinski definition) is 1. The molecule has 0 atom stereocenters. The molecule has 0 saturated heterocycles. The number of aromatic nitrogens is 2. The maximum absolute atomic E-state index is 13.4. The summed E-state index contributed by atoms with van der Waals surface area (Å²) in [4.78, 5) is 17.7. The fraction of sp³-hybridized carbons (Fsp3) is 0.0952. The number of carbonyl (C=O) groups excluding carboxylic acids is 1. The highest BCUT2D eigenvalue weighted by atomic mass is 32.1. The van der Waals surface area contributed by atoms with Crippen LogP contribution >= 0.6 is 11.3 Å². The topological polar surface area (TPSA) is 68.0 Å². The molecule has 7 heteroatoms. The van der Waals surface area contributed by atoms with E-state index in [0.717, 1.165) is 11.1 Å². The number of hydrogen-bond acceptors (Lipinski definition) is 5. The molecule has 1 amide bonds. The van der Waals surface area contributed by atoms with E-state index in [0.29, 0.717) is 21.7 Å². The lowest BCUT2D eigenvalue weighted by molar-refractivity contribution is 0.102. The zero-order valence-corrected chi connectivity index (χ0v) is 16.0. The smallest absolute Gasteiger partial charge is 0.270 e. The van der Waals surface area contributed by atoms with Crippen molar-refractivity contribution >= 4 is 22.9 Å². The molecular formula is C21H16FN3O2S.